The van der Waals surface area contributed by atoms with E-state index in [0.717, 1.165) is 18.8 Å². The van der Waals surface area contributed by atoms with Crippen LogP contribution in [0.1, 0.15) is 20.8 Å². The molecule has 1 aromatic heterocycles. The first-order chi connectivity index (χ1) is 12.2. The van der Waals surface area contributed by atoms with Crippen molar-refractivity contribution in [2.45, 2.75) is 0 Å². The van der Waals surface area contributed by atoms with E-state index in [0.29, 0.717) is 30.2 Å². The first kappa shape index (κ1) is 16.9. The van der Waals surface area contributed by atoms with Gasteiger partial charge in [-0.1, -0.05) is 6.07 Å². The molecule has 130 valence electrons. The van der Waals surface area contributed by atoms with E-state index in [-0.39, 0.29) is 5.91 Å². The molecule has 1 aromatic carbocycles. The SMILES string of the molecule is COC(=O)c1cccc(NC(=O)c2cc(N3CCOCC3)ccn2)c1. The van der Waals surface area contributed by atoms with Crippen molar-refractivity contribution in [2.24, 2.45) is 0 Å². The predicted molar refractivity (Wildman–Crippen MR) is 93.0 cm³/mol. The number of rotatable bonds is 4. The number of carbonyl (C=O) groups is 2. The number of hydrogen-bond donors (Lipinski definition) is 1. The van der Waals surface area contributed by atoms with E-state index in [9.17, 15) is 9.59 Å². The van der Waals surface area contributed by atoms with E-state index in [2.05, 4.69) is 19.9 Å². The highest BCUT2D eigenvalue weighted by atomic mass is 16.5. The van der Waals surface area contributed by atoms with Crippen LogP contribution in [0, 0.1) is 0 Å². The van der Waals surface area contributed by atoms with Crippen molar-refractivity contribution in [2.75, 3.05) is 43.6 Å². The van der Waals surface area contributed by atoms with E-state index in [4.69, 9.17) is 4.74 Å². The molecule has 0 atom stereocenters. The second-order valence-electron chi connectivity index (χ2n) is 5.53. The fraction of sp³-hybridized carbons (Fsp3) is 0.278. The van der Waals surface area contributed by atoms with Gasteiger partial charge in [0.1, 0.15) is 5.69 Å². The third kappa shape index (κ3) is 4.13. The summed E-state index contributed by atoms with van der Waals surface area (Å²) in [4.78, 5) is 30.3. The lowest BCUT2D eigenvalue weighted by molar-refractivity contribution is 0.0600. The van der Waals surface area contributed by atoms with Crippen LogP contribution in [-0.4, -0.2) is 50.3 Å². The van der Waals surface area contributed by atoms with Gasteiger partial charge in [-0.05, 0) is 30.3 Å². The van der Waals surface area contributed by atoms with Crippen LogP contribution >= 0.6 is 0 Å². The maximum Gasteiger partial charge on any atom is 0.337 e. The Morgan fingerprint density at radius 1 is 1.20 bits per heavy atom. The van der Waals surface area contributed by atoms with E-state index in [1.807, 2.05) is 6.07 Å². The number of aromatic nitrogens is 1. The van der Waals surface area contributed by atoms with Gasteiger partial charge in [-0.15, -0.1) is 0 Å². The second kappa shape index (κ2) is 7.76. The number of anilines is 2. The molecule has 0 spiro atoms. The summed E-state index contributed by atoms with van der Waals surface area (Å²) < 4.78 is 10.0. The monoisotopic (exact) mass is 341 g/mol. The average Bonchev–Trinajstić information content (AvgIpc) is 2.68. The molecule has 1 aliphatic heterocycles. The minimum atomic E-state index is -0.455. The Hall–Kier alpha value is -2.93. The molecule has 7 nitrogen and oxygen atoms in total. The summed E-state index contributed by atoms with van der Waals surface area (Å²) in [7, 11) is 1.31. The molecular weight excluding hydrogens is 322 g/mol. The topological polar surface area (TPSA) is 80.8 Å². The zero-order chi connectivity index (χ0) is 17.6. The van der Waals surface area contributed by atoms with Gasteiger partial charge in [0.05, 0.1) is 25.9 Å². The number of benzene rings is 1. The van der Waals surface area contributed by atoms with Crippen molar-refractivity contribution in [1.82, 2.24) is 4.98 Å². The molecule has 1 saturated heterocycles. The van der Waals surface area contributed by atoms with Crippen LogP contribution in [0.4, 0.5) is 11.4 Å². The molecule has 3 rings (SSSR count). The lowest BCUT2D eigenvalue weighted by Crippen LogP contribution is -2.36. The fourth-order valence-corrected chi connectivity index (χ4v) is 2.60. The highest BCUT2D eigenvalue weighted by Crippen LogP contribution is 2.18. The van der Waals surface area contributed by atoms with Gasteiger partial charge in [0.2, 0.25) is 0 Å². The summed E-state index contributed by atoms with van der Waals surface area (Å²) in [6.45, 7) is 2.91. The average molecular weight is 341 g/mol. The van der Waals surface area contributed by atoms with Crippen LogP contribution in [0.5, 0.6) is 0 Å². The summed E-state index contributed by atoms with van der Waals surface area (Å²) in [5.74, 6) is -0.791. The van der Waals surface area contributed by atoms with Crippen LogP contribution in [0.25, 0.3) is 0 Å². The van der Waals surface area contributed by atoms with Gasteiger partial charge in [-0.2, -0.15) is 0 Å². The lowest BCUT2D eigenvalue weighted by Gasteiger charge is -2.28. The van der Waals surface area contributed by atoms with E-state index < -0.39 is 5.97 Å². The van der Waals surface area contributed by atoms with Crippen molar-refractivity contribution < 1.29 is 19.1 Å². The number of nitrogens with zero attached hydrogens (tertiary/aromatic N) is 2. The quantitative estimate of drug-likeness (QED) is 0.856. The summed E-state index contributed by atoms with van der Waals surface area (Å²) >= 11 is 0. The standard InChI is InChI=1S/C18H19N3O4/c1-24-18(23)13-3-2-4-14(11-13)20-17(22)16-12-15(5-6-19-16)21-7-9-25-10-8-21/h2-6,11-12H,7-10H2,1H3,(H,20,22). The van der Waals surface area contributed by atoms with Gasteiger partial charge in [0.15, 0.2) is 0 Å². The summed E-state index contributed by atoms with van der Waals surface area (Å²) in [5.41, 5.74) is 2.13. The van der Waals surface area contributed by atoms with Crippen LogP contribution in [0.3, 0.4) is 0 Å². The van der Waals surface area contributed by atoms with Gasteiger partial charge < -0.3 is 19.7 Å². The number of amides is 1. The Kier molecular flexibility index (Phi) is 5.25. The number of nitrogens with one attached hydrogen (secondary N) is 1. The molecule has 2 heterocycles. The molecular formula is C18H19N3O4. The van der Waals surface area contributed by atoms with Gasteiger partial charge in [-0.3, -0.25) is 9.78 Å². The number of carbonyl (C=O) groups excluding carboxylic acids is 2. The molecule has 7 heteroatoms. The van der Waals surface area contributed by atoms with Gasteiger partial charge >= 0.3 is 5.97 Å². The highest BCUT2D eigenvalue weighted by Gasteiger charge is 2.15. The second-order valence-corrected chi connectivity index (χ2v) is 5.53. The van der Waals surface area contributed by atoms with Crippen molar-refractivity contribution in [3.63, 3.8) is 0 Å². The molecule has 1 amide bonds. The molecule has 1 N–H and O–H groups in total. The molecule has 1 fully saturated rings. The lowest BCUT2D eigenvalue weighted by atomic mass is 10.2. The van der Waals surface area contributed by atoms with Crippen molar-refractivity contribution in [3.8, 4) is 0 Å². The Morgan fingerprint density at radius 3 is 2.76 bits per heavy atom. The predicted octanol–water partition coefficient (Wildman–Crippen LogP) is 1.96. The molecule has 0 radical (unpaired) electrons. The number of esters is 1. The first-order valence-corrected chi connectivity index (χ1v) is 7.96. The molecule has 0 aliphatic carbocycles. The molecule has 2 aromatic rings. The Balaban J connectivity index is 1.74. The number of ether oxygens (including phenoxy) is 2. The number of morpholine rings is 1. The smallest absolute Gasteiger partial charge is 0.337 e. The van der Waals surface area contributed by atoms with Crippen molar-refractivity contribution in [1.29, 1.82) is 0 Å². The van der Waals surface area contributed by atoms with Gasteiger partial charge in [0, 0.05) is 30.7 Å². The normalized spacial score (nSPS) is 14.0. The Bertz CT molecular complexity index is 772. The van der Waals surface area contributed by atoms with E-state index >= 15 is 0 Å². The maximum absolute atomic E-state index is 12.5. The third-order valence-electron chi connectivity index (χ3n) is 3.89. The maximum atomic E-state index is 12.5. The largest absolute Gasteiger partial charge is 0.465 e. The summed E-state index contributed by atoms with van der Waals surface area (Å²) in [6, 6.07) is 10.2. The van der Waals surface area contributed by atoms with Crippen LogP contribution < -0.4 is 10.2 Å². The minimum absolute atomic E-state index is 0.312. The number of hydrogen-bond acceptors (Lipinski definition) is 6. The molecule has 0 unspecified atom stereocenters. The van der Waals surface area contributed by atoms with Crippen LogP contribution in [0.15, 0.2) is 42.6 Å². The van der Waals surface area contributed by atoms with Crippen molar-refractivity contribution >= 4 is 23.3 Å². The summed E-state index contributed by atoms with van der Waals surface area (Å²) in [5, 5.41) is 2.76. The first-order valence-electron chi connectivity index (χ1n) is 7.96. The minimum Gasteiger partial charge on any atom is -0.465 e. The Labute approximate surface area is 145 Å². The fourth-order valence-electron chi connectivity index (χ4n) is 2.60. The summed E-state index contributed by atoms with van der Waals surface area (Å²) in [6.07, 6.45) is 1.62. The van der Waals surface area contributed by atoms with Gasteiger partial charge in [0.25, 0.3) is 5.91 Å². The molecule has 1 aliphatic rings. The van der Waals surface area contributed by atoms with Crippen LogP contribution in [-0.2, 0) is 9.47 Å². The van der Waals surface area contributed by atoms with Crippen molar-refractivity contribution in [3.05, 3.63) is 53.9 Å². The van der Waals surface area contributed by atoms with E-state index in [1.54, 1.807) is 36.5 Å². The number of methoxy groups -OCH3 is 1. The molecule has 25 heavy (non-hydrogen) atoms. The Morgan fingerprint density at radius 2 is 2.00 bits per heavy atom. The van der Waals surface area contributed by atoms with E-state index in [1.165, 1.54) is 7.11 Å². The number of pyridine rings is 1. The zero-order valence-corrected chi connectivity index (χ0v) is 13.9. The molecule has 0 bridgehead atoms. The van der Waals surface area contributed by atoms with Crippen LogP contribution in [0.2, 0.25) is 0 Å². The third-order valence-corrected chi connectivity index (χ3v) is 3.89. The molecule has 0 saturated carbocycles. The van der Waals surface area contributed by atoms with Gasteiger partial charge in [-0.25, -0.2) is 4.79 Å². The highest BCUT2D eigenvalue weighted by molar-refractivity contribution is 6.04. The zero-order valence-electron chi connectivity index (χ0n) is 13.9.